The number of phenols is 1. The number of nitrogens with one attached hydrogen (secondary N) is 1. The van der Waals surface area contributed by atoms with Crippen molar-refractivity contribution in [2.75, 3.05) is 13.1 Å². The molecular formula is C15H25NO3. The predicted molar refractivity (Wildman–Crippen MR) is 76.0 cm³/mol. The summed E-state index contributed by atoms with van der Waals surface area (Å²) in [6, 6.07) is 4.82. The van der Waals surface area contributed by atoms with Gasteiger partial charge in [-0.25, -0.2) is 0 Å². The van der Waals surface area contributed by atoms with Gasteiger partial charge in [0.15, 0.2) is 0 Å². The molecule has 0 saturated heterocycles. The summed E-state index contributed by atoms with van der Waals surface area (Å²) >= 11 is 0. The van der Waals surface area contributed by atoms with Crippen molar-refractivity contribution in [1.82, 2.24) is 5.32 Å². The second kappa shape index (κ2) is 8.91. The Balaban J connectivity index is 2.34. The van der Waals surface area contributed by atoms with E-state index < -0.39 is 6.10 Å². The molecule has 1 rings (SSSR count). The van der Waals surface area contributed by atoms with Crippen molar-refractivity contribution in [3.05, 3.63) is 29.3 Å². The largest absolute Gasteiger partial charge is 0.508 e. The van der Waals surface area contributed by atoms with Gasteiger partial charge in [0.05, 0.1) is 12.7 Å². The number of aliphatic hydroxyl groups is 2. The molecule has 1 aromatic rings. The number of hydrogen-bond donors (Lipinski definition) is 4. The number of hydrogen-bond acceptors (Lipinski definition) is 4. The zero-order valence-electron chi connectivity index (χ0n) is 11.6. The van der Waals surface area contributed by atoms with E-state index in [1.807, 2.05) is 0 Å². The normalized spacial score (nSPS) is 12.6. The molecular weight excluding hydrogens is 242 g/mol. The molecule has 19 heavy (non-hydrogen) atoms. The number of aromatic hydroxyl groups is 1. The van der Waals surface area contributed by atoms with Crippen molar-refractivity contribution in [1.29, 1.82) is 0 Å². The topological polar surface area (TPSA) is 72.7 Å². The minimum Gasteiger partial charge on any atom is -0.508 e. The molecule has 0 saturated carbocycles. The maximum Gasteiger partial charge on any atom is 0.121 e. The molecule has 1 atom stereocenters. The lowest BCUT2D eigenvalue weighted by Gasteiger charge is -2.13. The average molecular weight is 267 g/mol. The summed E-state index contributed by atoms with van der Waals surface area (Å²) < 4.78 is 0. The van der Waals surface area contributed by atoms with Crippen LogP contribution < -0.4 is 5.32 Å². The highest BCUT2D eigenvalue weighted by Crippen LogP contribution is 2.22. The standard InChI is InChI=1S/C15H25NO3/c1-2-3-4-5-8-16-10-15(19)12-6-7-14(18)13(9-12)11-17/h6-7,9,15-19H,2-5,8,10-11H2,1H3. The Morgan fingerprint density at radius 3 is 2.68 bits per heavy atom. The third-order valence-corrected chi connectivity index (χ3v) is 3.20. The first-order valence-electron chi connectivity index (χ1n) is 7.00. The van der Waals surface area contributed by atoms with Crippen molar-refractivity contribution in [3.8, 4) is 5.75 Å². The van der Waals surface area contributed by atoms with Crippen LogP contribution >= 0.6 is 0 Å². The van der Waals surface area contributed by atoms with E-state index in [9.17, 15) is 10.2 Å². The van der Waals surface area contributed by atoms with Crippen LogP contribution in [0.5, 0.6) is 5.75 Å². The molecule has 0 aromatic heterocycles. The highest BCUT2D eigenvalue weighted by Gasteiger charge is 2.09. The summed E-state index contributed by atoms with van der Waals surface area (Å²) in [6.07, 6.45) is 4.20. The third kappa shape index (κ3) is 5.59. The third-order valence-electron chi connectivity index (χ3n) is 3.20. The van der Waals surface area contributed by atoms with E-state index in [0.29, 0.717) is 17.7 Å². The van der Waals surface area contributed by atoms with Crippen molar-refractivity contribution >= 4 is 0 Å². The highest BCUT2D eigenvalue weighted by molar-refractivity contribution is 5.36. The van der Waals surface area contributed by atoms with Gasteiger partial charge in [0.1, 0.15) is 5.75 Å². The fraction of sp³-hybridized carbons (Fsp3) is 0.600. The molecule has 1 aromatic carbocycles. The Labute approximate surface area is 115 Å². The molecule has 0 heterocycles. The van der Waals surface area contributed by atoms with Gasteiger partial charge in [-0.05, 0) is 30.7 Å². The Morgan fingerprint density at radius 1 is 1.21 bits per heavy atom. The SMILES string of the molecule is CCCCCCNCC(O)c1ccc(O)c(CO)c1. The average Bonchev–Trinajstić information content (AvgIpc) is 2.43. The number of unbranched alkanes of at least 4 members (excludes halogenated alkanes) is 3. The molecule has 1 unspecified atom stereocenters. The maximum absolute atomic E-state index is 10.0. The van der Waals surface area contributed by atoms with Crippen molar-refractivity contribution in [3.63, 3.8) is 0 Å². The van der Waals surface area contributed by atoms with Crippen LogP contribution in [-0.4, -0.2) is 28.4 Å². The Morgan fingerprint density at radius 2 is 2.00 bits per heavy atom. The molecule has 0 amide bonds. The van der Waals surface area contributed by atoms with Crippen LogP contribution in [0, 0.1) is 0 Å². The van der Waals surface area contributed by atoms with Gasteiger partial charge >= 0.3 is 0 Å². The van der Waals surface area contributed by atoms with Gasteiger partial charge in [0.2, 0.25) is 0 Å². The monoisotopic (exact) mass is 267 g/mol. The first kappa shape index (κ1) is 16.0. The molecule has 0 aliphatic heterocycles. The van der Waals surface area contributed by atoms with E-state index in [4.69, 9.17) is 5.11 Å². The van der Waals surface area contributed by atoms with Gasteiger partial charge in [-0.2, -0.15) is 0 Å². The van der Waals surface area contributed by atoms with Crippen LogP contribution in [0.25, 0.3) is 0 Å². The van der Waals surface area contributed by atoms with Crippen LogP contribution in [0.15, 0.2) is 18.2 Å². The van der Waals surface area contributed by atoms with E-state index in [2.05, 4.69) is 12.2 Å². The smallest absolute Gasteiger partial charge is 0.121 e. The lowest BCUT2D eigenvalue weighted by molar-refractivity contribution is 0.174. The quantitative estimate of drug-likeness (QED) is 0.517. The summed E-state index contributed by atoms with van der Waals surface area (Å²) in [6.45, 7) is 3.35. The molecule has 0 spiro atoms. The van der Waals surface area contributed by atoms with Crippen LogP contribution in [0.3, 0.4) is 0 Å². The lowest BCUT2D eigenvalue weighted by atomic mass is 10.1. The Bertz CT molecular complexity index is 368. The van der Waals surface area contributed by atoms with Gasteiger partial charge in [-0.3, -0.25) is 0 Å². The van der Waals surface area contributed by atoms with Crippen LogP contribution in [-0.2, 0) is 6.61 Å². The summed E-state index contributed by atoms with van der Waals surface area (Å²) in [5.41, 5.74) is 1.16. The lowest BCUT2D eigenvalue weighted by Crippen LogP contribution is -2.22. The Hall–Kier alpha value is -1.10. The zero-order valence-corrected chi connectivity index (χ0v) is 11.6. The Kier molecular flexibility index (Phi) is 7.48. The molecule has 4 nitrogen and oxygen atoms in total. The summed E-state index contributed by atoms with van der Waals surface area (Å²) in [5, 5.41) is 31.7. The van der Waals surface area contributed by atoms with Gasteiger partial charge in [-0.1, -0.05) is 32.3 Å². The highest BCUT2D eigenvalue weighted by atomic mass is 16.3. The summed E-state index contributed by atoms with van der Waals surface area (Å²) in [7, 11) is 0. The van der Waals surface area contributed by atoms with E-state index >= 15 is 0 Å². The van der Waals surface area contributed by atoms with Crippen molar-refractivity contribution < 1.29 is 15.3 Å². The van der Waals surface area contributed by atoms with Crippen molar-refractivity contribution in [2.45, 2.75) is 45.3 Å². The van der Waals surface area contributed by atoms with Gasteiger partial charge in [-0.15, -0.1) is 0 Å². The van der Waals surface area contributed by atoms with Crippen LogP contribution in [0.4, 0.5) is 0 Å². The van der Waals surface area contributed by atoms with Crippen LogP contribution in [0.1, 0.15) is 49.8 Å². The van der Waals surface area contributed by atoms with E-state index in [1.54, 1.807) is 12.1 Å². The number of aliphatic hydroxyl groups excluding tert-OH is 2. The zero-order chi connectivity index (χ0) is 14.1. The molecule has 108 valence electrons. The van der Waals surface area contributed by atoms with Crippen molar-refractivity contribution in [2.24, 2.45) is 0 Å². The molecule has 0 aliphatic rings. The minimum absolute atomic E-state index is 0.0611. The summed E-state index contributed by atoms with van der Waals surface area (Å²) in [5.74, 6) is 0.0611. The first-order valence-corrected chi connectivity index (χ1v) is 7.00. The van der Waals surface area contributed by atoms with Gasteiger partial charge in [0.25, 0.3) is 0 Å². The molecule has 4 heteroatoms. The van der Waals surface area contributed by atoms with Gasteiger partial charge < -0.3 is 20.6 Å². The first-order chi connectivity index (χ1) is 9.19. The fourth-order valence-electron chi connectivity index (χ4n) is 1.97. The molecule has 4 N–H and O–H groups in total. The van der Waals surface area contributed by atoms with Crippen LogP contribution in [0.2, 0.25) is 0 Å². The number of rotatable bonds is 9. The fourth-order valence-corrected chi connectivity index (χ4v) is 1.97. The van der Waals surface area contributed by atoms with E-state index in [0.717, 1.165) is 13.0 Å². The molecule has 0 fully saturated rings. The molecule has 0 bridgehead atoms. The van der Waals surface area contributed by atoms with E-state index in [-0.39, 0.29) is 12.4 Å². The van der Waals surface area contributed by atoms with Gasteiger partial charge in [0, 0.05) is 12.1 Å². The number of benzene rings is 1. The molecule has 0 radical (unpaired) electrons. The maximum atomic E-state index is 10.0. The second-order valence-corrected chi connectivity index (χ2v) is 4.83. The predicted octanol–water partition coefficient (Wildman–Crippen LogP) is 2.09. The second-order valence-electron chi connectivity index (χ2n) is 4.83. The molecule has 0 aliphatic carbocycles. The van der Waals surface area contributed by atoms with E-state index in [1.165, 1.54) is 25.3 Å². The minimum atomic E-state index is -0.614. The summed E-state index contributed by atoms with van der Waals surface area (Å²) in [4.78, 5) is 0.